The lowest BCUT2D eigenvalue weighted by Crippen LogP contribution is -2.48. The zero-order chi connectivity index (χ0) is 32.5. The molecule has 4 heterocycles. The molecule has 1 aliphatic rings. The second kappa shape index (κ2) is 12.9. The maximum absolute atomic E-state index is 14.3. The highest BCUT2D eigenvalue weighted by atomic mass is 32.1. The minimum Gasteiger partial charge on any atom is -0.369 e. The molecule has 9 nitrogen and oxygen atoms in total. The molecule has 0 radical (unpaired) electrons. The Bertz CT molecular complexity index is 2050. The molecule has 0 spiro atoms. The Morgan fingerprint density at radius 2 is 1.64 bits per heavy atom. The Labute approximate surface area is 274 Å². The maximum Gasteiger partial charge on any atom is 0.261 e. The van der Waals surface area contributed by atoms with E-state index < -0.39 is 23.1 Å². The highest BCUT2D eigenvalue weighted by Gasteiger charge is 2.22. The largest absolute Gasteiger partial charge is 0.369 e. The zero-order valence-corrected chi connectivity index (χ0v) is 26.6. The van der Waals surface area contributed by atoms with E-state index in [1.54, 1.807) is 24.4 Å². The van der Waals surface area contributed by atoms with Crippen molar-refractivity contribution in [2.75, 3.05) is 41.7 Å². The molecule has 0 unspecified atom stereocenters. The van der Waals surface area contributed by atoms with Crippen LogP contribution in [0.1, 0.15) is 24.2 Å². The van der Waals surface area contributed by atoms with Gasteiger partial charge in [0.2, 0.25) is 5.95 Å². The van der Waals surface area contributed by atoms with Gasteiger partial charge in [-0.05, 0) is 62.4 Å². The summed E-state index contributed by atoms with van der Waals surface area (Å²) in [5.74, 6) is -2.30. The maximum atomic E-state index is 14.3. The van der Waals surface area contributed by atoms with Gasteiger partial charge in [-0.25, -0.2) is 23.7 Å². The van der Waals surface area contributed by atoms with Crippen molar-refractivity contribution in [3.05, 3.63) is 108 Å². The van der Waals surface area contributed by atoms with Gasteiger partial charge in [0.1, 0.15) is 22.9 Å². The normalized spacial score (nSPS) is 13.8. The van der Waals surface area contributed by atoms with Crippen LogP contribution in [-0.4, -0.2) is 62.4 Å². The highest BCUT2D eigenvalue weighted by molar-refractivity contribution is 7.15. The van der Waals surface area contributed by atoms with E-state index in [0.717, 1.165) is 60.3 Å². The predicted molar refractivity (Wildman–Crippen MR) is 182 cm³/mol. The number of carbonyl (C=O) groups excluding carboxylic acids is 1. The molecule has 0 saturated carbocycles. The fourth-order valence-corrected chi connectivity index (χ4v) is 6.56. The number of piperazine rings is 1. The molecule has 2 N–H and O–H groups in total. The summed E-state index contributed by atoms with van der Waals surface area (Å²) in [4.78, 5) is 32.7. The molecule has 6 aromatic rings. The molecule has 1 fully saturated rings. The van der Waals surface area contributed by atoms with Gasteiger partial charge in [-0.3, -0.25) is 14.1 Å². The van der Waals surface area contributed by atoms with Gasteiger partial charge in [-0.2, -0.15) is 0 Å². The number of halogens is 2. The number of hydrogen-bond acceptors (Lipinski definition) is 8. The molecule has 3 aromatic carbocycles. The number of nitrogens with zero attached hydrogens (tertiary/aromatic N) is 6. The lowest BCUT2D eigenvalue weighted by atomic mass is 10.1. The summed E-state index contributed by atoms with van der Waals surface area (Å²) in [6, 6.07) is 21.0. The minimum atomic E-state index is -0.931. The summed E-state index contributed by atoms with van der Waals surface area (Å²) >= 11 is 1.48. The Morgan fingerprint density at radius 3 is 2.43 bits per heavy atom. The quantitative estimate of drug-likeness (QED) is 0.178. The van der Waals surface area contributed by atoms with Crippen LogP contribution in [0, 0.1) is 11.6 Å². The third-order valence-corrected chi connectivity index (χ3v) is 9.01. The fraction of sp³-hybridized carbons (Fsp3) is 0.200. The summed E-state index contributed by atoms with van der Waals surface area (Å²) in [6.45, 7) is 8.48. The van der Waals surface area contributed by atoms with Crippen LogP contribution in [0.2, 0.25) is 0 Å². The van der Waals surface area contributed by atoms with Crippen LogP contribution < -0.4 is 15.5 Å². The van der Waals surface area contributed by atoms with E-state index in [2.05, 4.69) is 51.4 Å². The van der Waals surface area contributed by atoms with Crippen LogP contribution in [0.5, 0.6) is 0 Å². The summed E-state index contributed by atoms with van der Waals surface area (Å²) < 4.78 is 30.5. The Kier molecular flexibility index (Phi) is 8.35. The van der Waals surface area contributed by atoms with Gasteiger partial charge in [0.15, 0.2) is 4.96 Å². The first-order valence-electron chi connectivity index (χ1n) is 15.3. The first kappa shape index (κ1) is 30.5. The molecule has 0 aliphatic carbocycles. The van der Waals surface area contributed by atoms with E-state index >= 15 is 0 Å². The van der Waals surface area contributed by atoms with E-state index in [4.69, 9.17) is 9.97 Å². The molecular weight excluding hydrogens is 619 g/mol. The van der Waals surface area contributed by atoms with E-state index in [9.17, 15) is 13.6 Å². The van der Waals surface area contributed by atoms with E-state index in [1.165, 1.54) is 17.4 Å². The molecule has 1 amide bonds. The van der Waals surface area contributed by atoms with Gasteiger partial charge in [0.05, 0.1) is 11.4 Å². The summed E-state index contributed by atoms with van der Waals surface area (Å²) in [7, 11) is 0. The lowest BCUT2D eigenvalue weighted by Gasteiger charge is -2.38. The number of amides is 1. The van der Waals surface area contributed by atoms with Crippen molar-refractivity contribution in [2.45, 2.75) is 19.9 Å². The molecule has 0 atom stereocenters. The standard InChI is InChI=1S/C35H32F2N8OS/c1-22(2)43-14-16-44(17-15-43)26-9-4-8-25(21-26)40-34-38-13-12-29(41-34)32-31(42-35-45(32)18-19-47-35)23-6-3-7-24(20-23)39-33(46)30-27(36)10-5-11-28(30)37/h3-13,18-22H,14-17H2,1-2H3,(H,39,46)(H,38,40,41). The summed E-state index contributed by atoms with van der Waals surface area (Å²) in [5.41, 5.74) is 4.49. The average molecular weight is 651 g/mol. The molecule has 1 saturated heterocycles. The number of aromatic nitrogens is 4. The SMILES string of the molecule is CC(C)N1CCN(c2cccc(Nc3nccc(-c4c(-c5cccc(NC(=O)c6c(F)cccc6F)c5)nc5sccn45)n3)c2)CC1. The highest BCUT2D eigenvalue weighted by Crippen LogP contribution is 2.35. The Balaban J connectivity index is 1.16. The van der Waals surface area contributed by atoms with E-state index in [1.807, 2.05) is 40.2 Å². The number of rotatable bonds is 8. The van der Waals surface area contributed by atoms with Crippen LogP contribution in [0.15, 0.2) is 90.6 Å². The van der Waals surface area contributed by atoms with Crippen LogP contribution in [0.4, 0.5) is 31.8 Å². The first-order chi connectivity index (χ1) is 22.8. The molecular formula is C35H32F2N8OS. The van der Waals surface area contributed by atoms with Crippen molar-refractivity contribution < 1.29 is 13.6 Å². The number of anilines is 4. The van der Waals surface area contributed by atoms with Crippen molar-refractivity contribution in [1.82, 2.24) is 24.3 Å². The topological polar surface area (TPSA) is 90.7 Å². The van der Waals surface area contributed by atoms with Crippen LogP contribution in [0.3, 0.4) is 0 Å². The monoisotopic (exact) mass is 650 g/mol. The second-order valence-corrected chi connectivity index (χ2v) is 12.4. The van der Waals surface area contributed by atoms with Crippen molar-refractivity contribution >= 4 is 45.2 Å². The van der Waals surface area contributed by atoms with Gasteiger partial charge in [-0.15, -0.1) is 11.3 Å². The van der Waals surface area contributed by atoms with Gasteiger partial charge < -0.3 is 15.5 Å². The fourth-order valence-electron chi connectivity index (χ4n) is 5.84. The number of nitrogens with one attached hydrogen (secondary N) is 2. The number of fused-ring (bicyclic) bond motifs is 1. The third-order valence-electron chi connectivity index (χ3n) is 8.26. The number of carbonyl (C=O) groups is 1. The van der Waals surface area contributed by atoms with Crippen LogP contribution >= 0.6 is 11.3 Å². The number of hydrogen-bond donors (Lipinski definition) is 2. The van der Waals surface area contributed by atoms with Crippen molar-refractivity contribution in [3.8, 4) is 22.6 Å². The van der Waals surface area contributed by atoms with Crippen molar-refractivity contribution in [2.24, 2.45) is 0 Å². The van der Waals surface area contributed by atoms with Crippen molar-refractivity contribution in [1.29, 1.82) is 0 Å². The molecule has 3 aromatic heterocycles. The molecule has 12 heteroatoms. The van der Waals surface area contributed by atoms with Gasteiger partial charge in [-0.1, -0.05) is 24.3 Å². The van der Waals surface area contributed by atoms with Crippen LogP contribution in [-0.2, 0) is 0 Å². The lowest BCUT2D eigenvalue weighted by molar-refractivity contribution is 0.101. The smallest absolute Gasteiger partial charge is 0.261 e. The molecule has 1 aliphatic heterocycles. The summed E-state index contributed by atoms with van der Waals surface area (Å²) in [5, 5.41) is 7.94. The Hall–Kier alpha value is -5.20. The second-order valence-electron chi connectivity index (χ2n) is 11.6. The molecule has 0 bridgehead atoms. The molecule has 47 heavy (non-hydrogen) atoms. The van der Waals surface area contributed by atoms with Gasteiger partial charge in [0, 0.05) is 72.6 Å². The predicted octanol–water partition coefficient (Wildman–Crippen LogP) is 7.32. The van der Waals surface area contributed by atoms with E-state index in [0.29, 0.717) is 34.6 Å². The number of benzene rings is 3. The van der Waals surface area contributed by atoms with Crippen LogP contribution in [0.25, 0.3) is 27.6 Å². The van der Waals surface area contributed by atoms with Gasteiger partial charge in [0.25, 0.3) is 5.91 Å². The van der Waals surface area contributed by atoms with Crippen molar-refractivity contribution in [3.63, 3.8) is 0 Å². The first-order valence-corrected chi connectivity index (χ1v) is 16.2. The zero-order valence-electron chi connectivity index (χ0n) is 25.8. The summed E-state index contributed by atoms with van der Waals surface area (Å²) in [6.07, 6.45) is 3.63. The molecule has 238 valence electrons. The minimum absolute atomic E-state index is 0.369. The van der Waals surface area contributed by atoms with E-state index in [-0.39, 0.29) is 0 Å². The molecule has 7 rings (SSSR count). The Morgan fingerprint density at radius 1 is 0.894 bits per heavy atom. The van der Waals surface area contributed by atoms with Gasteiger partial charge >= 0.3 is 0 Å². The number of imidazole rings is 1. The number of thiazole rings is 1. The third kappa shape index (κ3) is 6.29. The average Bonchev–Trinajstić information content (AvgIpc) is 3.67.